The minimum absolute atomic E-state index is 0.660. The Morgan fingerprint density at radius 2 is 1.35 bits per heavy atom. The first-order chi connectivity index (χ1) is 34.2. The van der Waals surface area contributed by atoms with Crippen LogP contribution in [0.25, 0.3) is 45.4 Å². The third-order valence-electron chi connectivity index (χ3n) is 14.6. The number of nitrogens with zero attached hydrogens (tertiary/aromatic N) is 2. The van der Waals surface area contributed by atoms with Crippen molar-refractivity contribution in [1.29, 1.82) is 0 Å². The molecule has 7 aromatic carbocycles. The molecule has 0 N–H and O–H groups in total. The van der Waals surface area contributed by atoms with E-state index >= 15 is 0 Å². The van der Waals surface area contributed by atoms with Crippen molar-refractivity contribution in [3.8, 4) is 22.6 Å². The first-order valence-electron chi connectivity index (χ1n) is 24.4. The highest BCUT2D eigenvalue weighted by Gasteiger charge is 2.52. The van der Waals surface area contributed by atoms with Crippen molar-refractivity contribution in [2.75, 3.05) is 4.90 Å². The SMILES string of the molecule is C1=Cc2c(n(-c3cccc(C4=CC5=C(CC=C4)Oc4ccccc4C54c5ccccc5-c5c(N(/C6=C/C=C\C/C=C\C6)c6ccc(Cc7ccccc7)cc6)cccc54)c3)c3ccccc23)C=CC1. The summed E-state index contributed by atoms with van der Waals surface area (Å²) in [7, 11) is 0. The number of para-hydroxylation sites is 2. The van der Waals surface area contributed by atoms with Crippen LogP contribution in [-0.4, -0.2) is 4.57 Å². The molecule has 330 valence electrons. The molecule has 0 saturated heterocycles. The zero-order valence-electron chi connectivity index (χ0n) is 38.4. The van der Waals surface area contributed by atoms with Crippen LogP contribution in [-0.2, 0) is 11.8 Å². The van der Waals surface area contributed by atoms with Gasteiger partial charge in [0.25, 0.3) is 0 Å². The van der Waals surface area contributed by atoms with Crippen molar-refractivity contribution in [3.05, 3.63) is 292 Å². The predicted octanol–water partition coefficient (Wildman–Crippen LogP) is 16.6. The van der Waals surface area contributed by atoms with Crippen LogP contribution in [0, 0.1) is 0 Å². The van der Waals surface area contributed by atoms with Crippen LogP contribution >= 0.6 is 0 Å². The van der Waals surface area contributed by atoms with Gasteiger partial charge in [-0.1, -0.05) is 182 Å². The summed E-state index contributed by atoms with van der Waals surface area (Å²) in [6.07, 6.45) is 31.7. The zero-order valence-corrected chi connectivity index (χ0v) is 38.4. The summed E-state index contributed by atoms with van der Waals surface area (Å²) in [6.45, 7) is 0. The van der Waals surface area contributed by atoms with E-state index < -0.39 is 5.41 Å². The van der Waals surface area contributed by atoms with Gasteiger partial charge in [-0.3, -0.25) is 0 Å². The minimum Gasteiger partial charge on any atom is -0.461 e. The summed E-state index contributed by atoms with van der Waals surface area (Å²) in [4.78, 5) is 2.51. The summed E-state index contributed by atoms with van der Waals surface area (Å²) in [5.41, 5.74) is 20.0. The van der Waals surface area contributed by atoms with E-state index in [1.807, 2.05) is 0 Å². The Morgan fingerprint density at radius 3 is 2.28 bits per heavy atom. The van der Waals surface area contributed by atoms with E-state index in [-0.39, 0.29) is 0 Å². The summed E-state index contributed by atoms with van der Waals surface area (Å²) in [5, 5.41) is 1.26. The van der Waals surface area contributed by atoms with Gasteiger partial charge < -0.3 is 14.2 Å². The van der Waals surface area contributed by atoms with Crippen molar-refractivity contribution in [2.45, 2.75) is 37.5 Å². The third-order valence-corrected chi connectivity index (χ3v) is 14.6. The highest BCUT2D eigenvalue weighted by molar-refractivity contribution is 5.99. The van der Waals surface area contributed by atoms with Crippen LogP contribution in [0.1, 0.15) is 70.3 Å². The van der Waals surface area contributed by atoms with E-state index in [2.05, 4.69) is 252 Å². The minimum atomic E-state index is -0.660. The molecule has 3 nitrogen and oxygen atoms in total. The van der Waals surface area contributed by atoms with Gasteiger partial charge in [-0.25, -0.2) is 0 Å². The highest BCUT2D eigenvalue weighted by Crippen LogP contribution is 2.63. The molecule has 1 aliphatic heterocycles. The van der Waals surface area contributed by atoms with Crippen LogP contribution in [0.4, 0.5) is 11.4 Å². The Balaban J connectivity index is 1.01. The molecule has 2 heterocycles. The lowest BCUT2D eigenvalue weighted by atomic mass is 9.65. The molecule has 5 aliphatic rings. The number of anilines is 2. The van der Waals surface area contributed by atoms with Crippen molar-refractivity contribution in [3.63, 3.8) is 0 Å². The molecule has 4 aliphatic carbocycles. The standard InChI is InChI=1S/C66H50N2O/c1-2-8-25-50(26-9-3-1)67(51-41-39-47(40-42-51)43-46-21-6-4-7-22-46)62-36-20-33-58-65(62)55-30-12-14-31-56(55)66(58)57-32-15-17-37-63(57)69-64-38-19-24-49(45-59(64)66)48-23-18-27-52(44-48)68-60-34-11-5-10-28-53(60)54-29-13-16-35-61(54)68/h2-4,6-25,27-37,39-42,44-45H,1,5,26,38,43H2/b8-2-,9-3-,50-25+. The number of ether oxygens (including phenoxy) is 1. The molecule has 0 amide bonds. The van der Waals surface area contributed by atoms with Gasteiger partial charge in [-0.15, -0.1) is 0 Å². The summed E-state index contributed by atoms with van der Waals surface area (Å²) >= 11 is 0. The van der Waals surface area contributed by atoms with Crippen LogP contribution in [0.3, 0.4) is 0 Å². The Morgan fingerprint density at radius 1 is 0.580 bits per heavy atom. The number of allylic oxidation sites excluding steroid dienone is 12. The van der Waals surface area contributed by atoms with Gasteiger partial charge in [0.15, 0.2) is 0 Å². The molecule has 8 aromatic rings. The summed E-state index contributed by atoms with van der Waals surface area (Å²) in [5.74, 6) is 1.88. The molecule has 13 rings (SSSR count). The fourth-order valence-corrected chi connectivity index (χ4v) is 11.6. The molecular formula is C66H50N2O. The molecular weight excluding hydrogens is 837 g/mol. The first-order valence-corrected chi connectivity index (χ1v) is 24.4. The average Bonchev–Trinajstić information content (AvgIpc) is 3.58. The second-order valence-corrected chi connectivity index (χ2v) is 18.5. The molecule has 1 aromatic heterocycles. The molecule has 0 fully saturated rings. The Hall–Kier alpha value is -8.40. The first kappa shape index (κ1) is 40.8. The fourth-order valence-electron chi connectivity index (χ4n) is 11.6. The lowest BCUT2D eigenvalue weighted by Gasteiger charge is -2.40. The largest absolute Gasteiger partial charge is 0.461 e. The van der Waals surface area contributed by atoms with Gasteiger partial charge in [0.1, 0.15) is 11.5 Å². The van der Waals surface area contributed by atoms with E-state index in [0.29, 0.717) is 6.42 Å². The molecule has 3 heteroatoms. The van der Waals surface area contributed by atoms with Gasteiger partial charge in [-0.05, 0) is 119 Å². The number of hydrogen-bond donors (Lipinski definition) is 0. The highest BCUT2D eigenvalue weighted by atomic mass is 16.5. The maximum atomic E-state index is 7.07. The molecule has 0 radical (unpaired) electrons. The second kappa shape index (κ2) is 17.0. The van der Waals surface area contributed by atoms with E-state index in [1.165, 1.54) is 66.8 Å². The number of rotatable bonds is 7. The lowest BCUT2D eigenvalue weighted by Crippen LogP contribution is -2.34. The van der Waals surface area contributed by atoms with Crippen molar-refractivity contribution in [2.24, 2.45) is 0 Å². The number of benzene rings is 7. The van der Waals surface area contributed by atoms with E-state index in [1.54, 1.807) is 0 Å². The normalized spacial score (nSPS) is 19.1. The molecule has 1 spiro atoms. The fraction of sp³-hybridized carbons (Fsp3) is 0.0909. The Labute approximate surface area is 404 Å². The van der Waals surface area contributed by atoms with Gasteiger partial charge in [0.2, 0.25) is 0 Å². The molecule has 0 bridgehead atoms. The Bertz CT molecular complexity index is 3600. The van der Waals surface area contributed by atoms with Crippen molar-refractivity contribution >= 4 is 40.0 Å². The summed E-state index contributed by atoms with van der Waals surface area (Å²) < 4.78 is 9.50. The van der Waals surface area contributed by atoms with E-state index in [9.17, 15) is 0 Å². The smallest absolute Gasteiger partial charge is 0.131 e. The van der Waals surface area contributed by atoms with Crippen molar-refractivity contribution in [1.82, 2.24) is 4.57 Å². The average molecular weight is 887 g/mol. The van der Waals surface area contributed by atoms with Gasteiger partial charge in [-0.2, -0.15) is 0 Å². The van der Waals surface area contributed by atoms with E-state index in [4.69, 9.17) is 4.74 Å². The Kier molecular flexibility index (Phi) is 10.1. The predicted molar refractivity (Wildman–Crippen MR) is 287 cm³/mol. The number of hydrogen-bond acceptors (Lipinski definition) is 2. The third kappa shape index (κ3) is 6.79. The van der Waals surface area contributed by atoms with Crippen LogP contribution < -0.4 is 9.64 Å². The lowest BCUT2D eigenvalue weighted by molar-refractivity contribution is 0.377. The van der Waals surface area contributed by atoms with Crippen LogP contribution in [0.2, 0.25) is 0 Å². The number of aromatic nitrogens is 1. The van der Waals surface area contributed by atoms with Gasteiger partial charge in [0, 0.05) is 57.6 Å². The van der Waals surface area contributed by atoms with Crippen LogP contribution in [0.15, 0.2) is 248 Å². The topological polar surface area (TPSA) is 17.4 Å². The van der Waals surface area contributed by atoms with Gasteiger partial charge in [0.05, 0.1) is 22.3 Å². The van der Waals surface area contributed by atoms with E-state index in [0.717, 1.165) is 71.0 Å². The molecule has 1 unspecified atom stereocenters. The monoisotopic (exact) mass is 886 g/mol. The van der Waals surface area contributed by atoms with Gasteiger partial charge >= 0.3 is 0 Å². The molecule has 69 heavy (non-hydrogen) atoms. The molecule has 0 saturated carbocycles. The summed E-state index contributed by atoms with van der Waals surface area (Å²) in [6, 6.07) is 62.7. The second-order valence-electron chi connectivity index (χ2n) is 18.5. The number of fused-ring (bicyclic) bond motifs is 11. The van der Waals surface area contributed by atoms with Crippen molar-refractivity contribution < 1.29 is 4.74 Å². The zero-order chi connectivity index (χ0) is 45.7. The van der Waals surface area contributed by atoms with Crippen LogP contribution in [0.5, 0.6) is 5.75 Å². The quantitative estimate of drug-likeness (QED) is 0.148. The molecule has 1 atom stereocenters. The maximum absolute atomic E-state index is 7.07. The maximum Gasteiger partial charge on any atom is 0.131 e.